The van der Waals surface area contributed by atoms with Crippen molar-refractivity contribution >= 4 is 11.6 Å². The van der Waals surface area contributed by atoms with Gasteiger partial charge < -0.3 is 20.9 Å². The number of benzene rings is 1. The Morgan fingerprint density at radius 2 is 2.05 bits per heavy atom. The monoisotopic (exact) mass is 264 g/mol. The number of hydrogen-bond acceptors (Lipinski definition) is 4. The normalized spacial score (nSPS) is 23.0. The maximum atomic E-state index is 11.2. The van der Waals surface area contributed by atoms with Crippen LogP contribution < -0.4 is 16.2 Å². The van der Waals surface area contributed by atoms with Gasteiger partial charge in [-0.3, -0.25) is 4.79 Å². The van der Waals surface area contributed by atoms with Crippen molar-refractivity contribution in [2.45, 2.75) is 37.9 Å². The van der Waals surface area contributed by atoms with E-state index in [2.05, 4.69) is 0 Å². The first kappa shape index (κ1) is 13.7. The lowest BCUT2D eigenvalue weighted by Gasteiger charge is -2.29. The van der Waals surface area contributed by atoms with Crippen molar-refractivity contribution in [2.24, 2.45) is 5.73 Å². The molecule has 2 unspecified atom stereocenters. The van der Waals surface area contributed by atoms with Gasteiger partial charge in [-0.1, -0.05) is 6.07 Å². The summed E-state index contributed by atoms with van der Waals surface area (Å²) in [5.41, 5.74) is 11.8. The smallest absolute Gasteiger partial charge is 0.250 e. The maximum Gasteiger partial charge on any atom is 0.250 e. The fraction of sp³-hybridized carbons (Fsp3) is 0.500. The maximum absolute atomic E-state index is 11.2. The van der Waals surface area contributed by atoms with Crippen LogP contribution in [0.2, 0.25) is 0 Å². The first-order chi connectivity index (χ1) is 9.11. The van der Waals surface area contributed by atoms with Gasteiger partial charge in [0.15, 0.2) is 0 Å². The molecule has 2 atom stereocenters. The van der Waals surface area contributed by atoms with Gasteiger partial charge in [0.2, 0.25) is 0 Å². The molecule has 1 aromatic rings. The fourth-order valence-electron chi connectivity index (χ4n) is 2.46. The number of carbonyl (C=O) groups excluding carboxylic acids is 1. The van der Waals surface area contributed by atoms with E-state index >= 15 is 0 Å². The Bertz CT molecular complexity index is 462. The Kier molecular flexibility index (Phi) is 4.27. The molecule has 104 valence electrons. The predicted octanol–water partition coefficient (Wildman–Crippen LogP) is 1.70. The summed E-state index contributed by atoms with van der Waals surface area (Å²) in [5, 5.41) is 0. The van der Waals surface area contributed by atoms with Crippen molar-refractivity contribution in [1.29, 1.82) is 0 Å². The number of ether oxygens (including phenoxy) is 2. The zero-order chi connectivity index (χ0) is 13.8. The molecule has 1 amide bonds. The van der Waals surface area contributed by atoms with Crippen LogP contribution in [0.1, 0.15) is 36.0 Å². The van der Waals surface area contributed by atoms with Crippen LogP contribution in [-0.4, -0.2) is 25.2 Å². The molecule has 1 aliphatic rings. The standard InChI is InChI=1S/C14H20N2O3/c1-18-9-4-2-5-10(8-9)19-12-7-3-6-11(13(12)15)14(16)17/h3,6-7,9-10H,2,4-5,8,15H2,1H3,(H2,16,17). The molecule has 1 saturated carbocycles. The van der Waals surface area contributed by atoms with Gasteiger partial charge in [-0.25, -0.2) is 0 Å². The van der Waals surface area contributed by atoms with Crippen molar-refractivity contribution in [2.75, 3.05) is 12.8 Å². The molecule has 0 spiro atoms. The van der Waals surface area contributed by atoms with Gasteiger partial charge in [-0.05, 0) is 31.4 Å². The lowest BCUT2D eigenvalue weighted by Crippen LogP contribution is -2.29. The predicted molar refractivity (Wildman–Crippen MR) is 73.1 cm³/mol. The van der Waals surface area contributed by atoms with Gasteiger partial charge in [-0.2, -0.15) is 0 Å². The average Bonchev–Trinajstić information content (AvgIpc) is 2.41. The van der Waals surface area contributed by atoms with E-state index in [1.807, 2.05) is 0 Å². The quantitative estimate of drug-likeness (QED) is 0.810. The minimum absolute atomic E-state index is 0.0733. The summed E-state index contributed by atoms with van der Waals surface area (Å²) in [4.78, 5) is 11.2. The van der Waals surface area contributed by atoms with Gasteiger partial charge in [0.05, 0.1) is 17.4 Å². The molecule has 2 rings (SSSR count). The third-order valence-electron chi connectivity index (χ3n) is 3.54. The van der Waals surface area contributed by atoms with E-state index in [4.69, 9.17) is 20.9 Å². The molecule has 0 heterocycles. The fourth-order valence-corrected chi connectivity index (χ4v) is 2.46. The molecule has 19 heavy (non-hydrogen) atoms. The number of carbonyl (C=O) groups is 1. The molecule has 0 aromatic heterocycles. The molecule has 4 N–H and O–H groups in total. The Labute approximate surface area is 112 Å². The highest BCUT2D eigenvalue weighted by Crippen LogP contribution is 2.30. The molecule has 1 aromatic carbocycles. The summed E-state index contributed by atoms with van der Waals surface area (Å²) in [7, 11) is 1.72. The number of para-hydroxylation sites is 1. The minimum Gasteiger partial charge on any atom is -0.488 e. The van der Waals surface area contributed by atoms with Crippen LogP contribution >= 0.6 is 0 Å². The summed E-state index contributed by atoms with van der Waals surface area (Å²) in [5.74, 6) is -0.0144. The van der Waals surface area contributed by atoms with Crippen LogP contribution in [0.4, 0.5) is 5.69 Å². The van der Waals surface area contributed by atoms with Crippen LogP contribution in [0.3, 0.4) is 0 Å². The molecular weight excluding hydrogens is 244 g/mol. The van der Waals surface area contributed by atoms with E-state index < -0.39 is 5.91 Å². The second kappa shape index (κ2) is 5.93. The highest BCUT2D eigenvalue weighted by atomic mass is 16.5. The van der Waals surface area contributed by atoms with Crippen LogP contribution in [0.15, 0.2) is 18.2 Å². The highest BCUT2D eigenvalue weighted by molar-refractivity contribution is 5.99. The van der Waals surface area contributed by atoms with E-state index in [1.165, 1.54) is 0 Å². The number of rotatable bonds is 4. The number of hydrogen-bond donors (Lipinski definition) is 2. The largest absolute Gasteiger partial charge is 0.488 e. The average molecular weight is 264 g/mol. The van der Waals surface area contributed by atoms with Crippen LogP contribution in [0, 0.1) is 0 Å². The Morgan fingerprint density at radius 1 is 1.32 bits per heavy atom. The number of primary amides is 1. The Hall–Kier alpha value is -1.75. The van der Waals surface area contributed by atoms with E-state index in [0.717, 1.165) is 25.7 Å². The van der Waals surface area contributed by atoms with Crippen molar-refractivity contribution in [1.82, 2.24) is 0 Å². The van der Waals surface area contributed by atoms with Gasteiger partial charge in [-0.15, -0.1) is 0 Å². The lowest BCUT2D eigenvalue weighted by atomic mass is 9.95. The number of amides is 1. The first-order valence-electron chi connectivity index (χ1n) is 6.49. The number of methoxy groups -OCH3 is 1. The van der Waals surface area contributed by atoms with Crippen molar-refractivity contribution < 1.29 is 14.3 Å². The number of nitrogens with two attached hydrogens (primary N) is 2. The molecule has 0 bridgehead atoms. The molecule has 1 aliphatic carbocycles. The Morgan fingerprint density at radius 3 is 2.74 bits per heavy atom. The summed E-state index contributed by atoms with van der Waals surface area (Å²) in [6.07, 6.45) is 4.26. The third kappa shape index (κ3) is 3.17. The van der Waals surface area contributed by atoms with Crippen molar-refractivity contribution in [3.8, 4) is 5.75 Å². The lowest BCUT2D eigenvalue weighted by molar-refractivity contribution is 0.0212. The summed E-state index contributed by atoms with van der Waals surface area (Å²) in [6.45, 7) is 0. The Balaban J connectivity index is 2.10. The van der Waals surface area contributed by atoms with E-state index in [1.54, 1.807) is 25.3 Å². The zero-order valence-electron chi connectivity index (χ0n) is 11.1. The van der Waals surface area contributed by atoms with Crippen molar-refractivity contribution in [3.05, 3.63) is 23.8 Å². The van der Waals surface area contributed by atoms with E-state index in [9.17, 15) is 4.79 Å². The van der Waals surface area contributed by atoms with Crippen LogP contribution in [0.25, 0.3) is 0 Å². The highest BCUT2D eigenvalue weighted by Gasteiger charge is 2.24. The molecule has 0 aliphatic heterocycles. The molecule has 0 saturated heterocycles. The van der Waals surface area contributed by atoms with E-state index in [-0.39, 0.29) is 12.2 Å². The first-order valence-corrected chi connectivity index (χ1v) is 6.49. The van der Waals surface area contributed by atoms with Gasteiger partial charge in [0.1, 0.15) is 11.9 Å². The number of anilines is 1. The van der Waals surface area contributed by atoms with Gasteiger partial charge in [0.25, 0.3) is 5.91 Å². The second-order valence-electron chi connectivity index (χ2n) is 4.85. The third-order valence-corrected chi connectivity index (χ3v) is 3.54. The molecular formula is C14H20N2O3. The minimum atomic E-state index is -0.540. The SMILES string of the molecule is COC1CCCC(Oc2cccc(C(N)=O)c2N)C1. The van der Waals surface area contributed by atoms with Gasteiger partial charge in [0, 0.05) is 13.5 Å². The molecule has 5 nitrogen and oxygen atoms in total. The molecule has 1 fully saturated rings. The van der Waals surface area contributed by atoms with Crippen LogP contribution in [0.5, 0.6) is 5.75 Å². The number of nitrogen functional groups attached to an aromatic ring is 1. The summed E-state index contributed by atoms with van der Waals surface area (Å²) < 4.78 is 11.3. The van der Waals surface area contributed by atoms with Crippen LogP contribution in [-0.2, 0) is 4.74 Å². The molecule has 0 radical (unpaired) electrons. The van der Waals surface area contributed by atoms with Gasteiger partial charge >= 0.3 is 0 Å². The summed E-state index contributed by atoms with van der Waals surface area (Å²) >= 11 is 0. The second-order valence-corrected chi connectivity index (χ2v) is 4.85. The van der Waals surface area contributed by atoms with E-state index in [0.29, 0.717) is 17.0 Å². The topological polar surface area (TPSA) is 87.6 Å². The zero-order valence-corrected chi connectivity index (χ0v) is 11.1. The molecule has 5 heteroatoms. The van der Waals surface area contributed by atoms with Crippen molar-refractivity contribution in [3.63, 3.8) is 0 Å². The summed E-state index contributed by atoms with van der Waals surface area (Å²) in [6, 6.07) is 5.09.